The molecule has 1 aromatic rings. The number of ether oxygens (including phenoxy) is 1. The summed E-state index contributed by atoms with van der Waals surface area (Å²) in [6, 6.07) is 2.73. The molecule has 1 saturated heterocycles. The lowest BCUT2D eigenvalue weighted by molar-refractivity contribution is 0.0929. The molecule has 1 unspecified atom stereocenters. The highest BCUT2D eigenvalue weighted by molar-refractivity contribution is 6.35. The molecular weight excluding hydrogens is 288 g/mol. The van der Waals surface area contributed by atoms with Gasteiger partial charge in [0.2, 0.25) is 0 Å². The summed E-state index contributed by atoms with van der Waals surface area (Å²) in [5.74, 6) is 0.271. The molecule has 0 saturated carbocycles. The van der Waals surface area contributed by atoms with Gasteiger partial charge in [-0.1, -0.05) is 37.0 Å². The predicted molar refractivity (Wildman–Crippen MR) is 76.7 cm³/mol. The van der Waals surface area contributed by atoms with E-state index >= 15 is 0 Å². The van der Waals surface area contributed by atoms with Gasteiger partial charge in [-0.15, -0.1) is 0 Å². The fourth-order valence-corrected chi connectivity index (χ4v) is 3.02. The van der Waals surface area contributed by atoms with Crippen molar-refractivity contribution in [2.24, 2.45) is 11.8 Å². The summed E-state index contributed by atoms with van der Waals surface area (Å²) in [4.78, 5) is 0. The molecule has 0 aliphatic carbocycles. The normalized spacial score (nSPS) is 20.8. The Morgan fingerprint density at radius 1 is 1.37 bits per heavy atom. The second-order valence-corrected chi connectivity index (χ2v) is 6.12. The van der Waals surface area contributed by atoms with Crippen molar-refractivity contribution in [3.63, 3.8) is 0 Å². The molecule has 1 aliphatic heterocycles. The molecule has 2 nitrogen and oxygen atoms in total. The Labute approximate surface area is 123 Å². The van der Waals surface area contributed by atoms with Crippen LogP contribution in [0.5, 0.6) is 5.75 Å². The SMILES string of the molecule is CC(C)[C@@H](Oc1c(F)cc(Cl)cc1Cl)C1CCNC1. The molecule has 1 heterocycles. The molecule has 2 rings (SSSR count). The van der Waals surface area contributed by atoms with Crippen LogP contribution in [0.25, 0.3) is 0 Å². The second-order valence-electron chi connectivity index (χ2n) is 5.28. The first-order chi connectivity index (χ1) is 8.99. The minimum atomic E-state index is -0.505. The van der Waals surface area contributed by atoms with Crippen molar-refractivity contribution in [2.45, 2.75) is 26.4 Å². The first-order valence-electron chi connectivity index (χ1n) is 6.51. The number of hydrogen-bond donors (Lipinski definition) is 1. The molecular formula is C14H18Cl2FNO. The Morgan fingerprint density at radius 3 is 2.63 bits per heavy atom. The van der Waals surface area contributed by atoms with Crippen molar-refractivity contribution in [3.8, 4) is 5.75 Å². The minimum absolute atomic E-state index is 0.0526. The fraction of sp³-hybridized carbons (Fsp3) is 0.571. The highest BCUT2D eigenvalue weighted by atomic mass is 35.5. The summed E-state index contributed by atoms with van der Waals surface area (Å²) in [6.07, 6.45) is 0.985. The highest BCUT2D eigenvalue weighted by Gasteiger charge is 2.30. The smallest absolute Gasteiger partial charge is 0.174 e. The Bertz CT molecular complexity index is 424. The zero-order valence-corrected chi connectivity index (χ0v) is 12.6. The first-order valence-corrected chi connectivity index (χ1v) is 7.26. The van der Waals surface area contributed by atoms with Crippen LogP contribution in [-0.2, 0) is 0 Å². The van der Waals surface area contributed by atoms with Crippen LogP contribution >= 0.6 is 23.2 Å². The predicted octanol–water partition coefficient (Wildman–Crippen LogP) is 4.15. The van der Waals surface area contributed by atoms with Crippen LogP contribution in [0.1, 0.15) is 20.3 Å². The quantitative estimate of drug-likeness (QED) is 0.902. The summed E-state index contributed by atoms with van der Waals surface area (Å²) in [5, 5.41) is 3.80. The van der Waals surface area contributed by atoms with Crippen molar-refractivity contribution >= 4 is 23.2 Å². The van der Waals surface area contributed by atoms with Crippen LogP contribution < -0.4 is 10.1 Å². The van der Waals surface area contributed by atoms with Crippen LogP contribution in [0.15, 0.2) is 12.1 Å². The molecule has 2 atom stereocenters. The molecule has 1 fully saturated rings. The van der Waals surface area contributed by atoms with Gasteiger partial charge in [0, 0.05) is 17.5 Å². The standard InChI is InChI=1S/C14H18Cl2FNO/c1-8(2)13(9-3-4-18-7-9)19-14-11(16)5-10(15)6-12(14)17/h5-6,8-9,13,18H,3-4,7H2,1-2H3/t9?,13-/m1/s1. The van der Waals surface area contributed by atoms with Crippen LogP contribution in [0.2, 0.25) is 10.0 Å². The molecule has 0 amide bonds. The van der Waals surface area contributed by atoms with E-state index in [-0.39, 0.29) is 27.8 Å². The number of nitrogens with one attached hydrogen (secondary N) is 1. The number of rotatable bonds is 4. The molecule has 0 spiro atoms. The zero-order valence-electron chi connectivity index (χ0n) is 11.1. The highest BCUT2D eigenvalue weighted by Crippen LogP contribution is 2.34. The molecule has 19 heavy (non-hydrogen) atoms. The van der Waals surface area contributed by atoms with E-state index < -0.39 is 5.82 Å². The first kappa shape index (κ1) is 14.9. The second kappa shape index (κ2) is 6.29. The molecule has 1 aromatic carbocycles. The van der Waals surface area contributed by atoms with E-state index in [9.17, 15) is 4.39 Å². The van der Waals surface area contributed by atoms with E-state index in [4.69, 9.17) is 27.9 Å². The molecule has 1 N–H and O–H groups in total. The van der Waals surface area contributed by atoms with Gasteiger partial charge in [-0.05, 0) is 31.0 Å². The van der Waals surface area contributed by atoms with Gasteiger partial charge < -0.3 is 10.1 Å². The van der Waals surface area contributed by atoms with E-state index in [0.717, 1.165) is 19.5 Å². The van der Waals surface area contributed by atoms with Crippen molar-refractivity contribution in [1.29, 1.82) is 0 Å². The van der Waals surface area contributed by atoms with Crippen LogP contribution in [-0.4, -0.2) is 19.2 Å². The lowest BCUT2D eigenvalue weighted by Crippen LogP contribution is -2.33. The van der Waals surface area contributed by atoms with Gasteiger partial charge >= 0.3 is 0 Å². The Kier molecular flexibility index (Phi) is 4.93. The Hall–Kier alpha value is -0.510. The van der Waals surface area contributed by atoms with Crippen LogP contribution in [0.3, 0.4) is 0 Å². The third kappa shape index (κ3) is 3.53. The van der Waals surface area contributed by atoms with E-state index in [1.807, 2.05) is 0 Å². The Balaban J connectivity index is 2.21. The largest absolute Gasteiger partial charge is 0.485 e. The number of halogens is 3. The summed E-state index contributed by atoms with van der Waals surface area (Å²) in [6.45, 7) is 6.03. The maximum atomic E-state index is 13.9. The maximum Gasteiger partial charge on any atom is 0.174 e. The van der Waals surface area contributed by atoms with E-state index in [1.165, 1.54) is 12.1 Å². The average Bonchev–Trinajstić information content (AvgIpc) is 2.80. The molecule has 5 heteroatoms. The van der Waals surface area contributed by atoms with Crippen molar-refractivity contribution in [2.75, 3.05) is 13.1 Å². The lowest BCUT2D eigenvalue weighted by Gasteiger charge is -2.28. The Morgan fingerprint density at radius 2 is 2.11 bits per heavy atom. The van der Waals surface area contributed by atoms with Gasteiger partial charge in [0.15, 0.2) is 11.6 Å². The van der Waals surface area contributed by atoms with Gasteiger partial charge in [-0.25, -0.2) is 4.39 Å². The van der Waals surface area contributed by atoms with E-state index in [1.54, 1.807) is 0 Å². The lowest BCUT2D eigenvalue weighted by atomic mass is 9.92. The van der Waals surface area contributed by atoms with Gasteiger partial charge in [0.05, 0.1) is 5.02 Å². The van der Waals surface area contributed by atoms with Crippen molar-refractivity contribution < 1.29 is 9.13 Å². The fourth-order valence-electron chi connectivity index (χ4n) is 2.51. The van der Waals surface area contributed by atoms with Crippen molar-refractivity contribution in [1.82, 2.24) is 5.32 Å². The molecule has 106 valence electrons. The molecule has 0 aromatic heterocycles. The topological polar surface area (TPSA) is 21.3 Å². The number of hydrogen-bond acceptors (Lipinski definition) is 2. The number of benzene rings is 1. The third-order valence-electron chi connectivity index (χ3n) is 3.44. The van der Waals surface area contributed by atoms with Crippen molar-refractivity contribution in [3.05, 3.63) is 28.0 Å². The molecule has 0 radical (unpaired) electrons. The third-order valence-corrected chi connectivity index (χ3v) is 3.94. The summed E-state index contributed by atoms with van der Waals surface area (Å²) in [5.41, 5.74) is 0. The zero-order chi connectivity index (χ0) is 14.0. The van der Waals surface area contributed by atoms with Gasteiger partial charge in [0.25, 0.3) is 0 Å². The van der Waals surface area contributed by atoms with Gasteiger partial charge in [-0.3, -0.25) is 0 Å². The van der Waals surface area contributed by atoms with Crippen LogP contribution in [0, 0.1) is 17.7 Å². The van der Waals surface area contributed by atoms with E-state index in [2.05, 4.69) is 19.2 Å². The minimum Gasteiger partial charge on any atom is -0.485 e. The summed E-state index contributed by atoms with van der Waals surface area (Å²) < 4.78 is 19.8. The average molecular weight is 306 g/mol. The summed E-state index contributed by atoms with van der Waals surface area (Å²) in [7, 11) is 0. The maximum absolute atomic E-state index is 13.9. The molecule has 1 aliphatic rings. The summed E-state index contributed by atoms with van der Waals surface area (Å²) >= 11 is 11.8. The van der Waals surface area contributed by atoms with Gasteiger partial charge in [-0.2, -0.15) is 0 Å². The van der Waals surface area contributed by atoms with E-state index in [0.29, 0.717) is 5.92 Å². The molecule has 0 bridgehead atoms. The monoisotopic (exact) mass is 305 g/mol. The van der Waals surface area contributed by atoms with Crippen LogP contribution in [0.4, 0.5) is 4.39 Å². The van der Waals surface area contributed by atoms with Gasteiger partial charge in [0.1, 0.15) is 6.10 Å².